The molecule has 4 atom stereocenters. The molecule has 2 aromatic heterocycles. The van der Waals surface area contributed by atoms with Crippen LogP contribution in [0.1, 0.15) is 55.0 Å². The fourth-order valence-electron chi connectivity index (χ4n) is 7.14. The number of benzene rings is 2. The molecule has 2 saturated heterocycles. The van der Waals surface area contributed by atoms with Gasteiger partial charge in [0.05, 0.1) is 46.2 Å². The van der Waals surface area contributed by atoms with Crippen LogP contribution in [0.4, 0.5) is 17.1 Å². The molecule has 0 bridgehead atoms. The standard InChI is InChI=1S/C34H37ClN6O3S/c1-20-14-21(2)19-38(18-20)29-11-9-24(16-27(29)35)40-33(32(37-34(40)45)28-8-6-7-13-36-28)26-15-22(3)39(23(26)4)30-17-25(41(42)43)10-12-31(30)44-5/h6-13,15-17,20-21,32-33H,14,18-19H2,1-5H3,(H,37,45)/t20-,21+,32-,33-/m1/s1. The highest BCUT2D eigenvalue weighted by atomic mass is 35.5. The molecule has 2 aromatic carbocycles. The van der Waals surface area contributed by atoms with Crippen molar-refractivity contribution in [1.82, 2.24) is 14.9 Å². The molecule has 1 N–H and O–H groups in total. The van der Waals surface area contributed by atoms with Gasteiger partial charge in [0.15, 0.2) is 5.11 Å². The van der Waals surface area contributed by atoms with Gasteiger partial charge in [-0.25, -0.2) is 0 Å². The zero-order valence-electron chi connectivity index (χ0n) is 26.0. The summed E-state index contributed by atoms with van der Waals surface area (Å²) in [7, 11) is 1.57. The number of rotatable bonds is 7. The number of halogens is 1. The van der Waals surface area contributed by atoms with E-state index in [9.17, 15) is 10.1 Å². The Kier molecular flexibility index (Phi) is 8.45. The van der Waals surface area contributed by atoms with E-state index in [4.69, 9.17) is 33.5 Å². The third-order valence-electron chi connectivity index (χ3n) is 8.92. The van der Waals surface area contributed by atoms with Gasteiger partial charge in [0.1, 0.15) is 5.75 Å². The number of aryl methyl sites for hydroxylation is 1. The fourth-order valence-corrected chi connectivity index (χ4v) is 7.78. The number of nitro groups is 1. The molecule has 45 heavy (non-hydrogen) atoms. The maximum Gasteiger partial charge on any atom is 0.271 e. The molecular formula is C34H37ClN6O3S. The number of non-ortho nitro benzene ring substituents is 1. The molecule has 0 amide bonds. The maximum atomic E-state index is 11.7. The van der Waals surface area contributed by atoms with Crippen molar-refractivity contribution in [2.45, 2.75) is 46.2 Å². The number of hydrogen-bond acceptors (Lipinski definition) is 6. The zero-order valence-corrected chi connectivity index (χ0v) is 27.6. The minimum absolute atomic E-state index is 0.0104. The summed E-state index contributed by atoms with van der Waals surface area (Å²) in [5.41, 5.74) is 6.16. The molecule has 2 aliphatic rings. The fraction of sp³-hybridized carbons (Fsp3) is 0.353. The topological polar surface area (TPSA) is 88.7 Å². The number of ether oxygens (including phenoxy) is 1. The molecule has 0 unspecified atom stereocenters. The first-order valence-electron chi connectivity index (χ1n) is 15.1. The quantitative estimate of drug-likeness (QED) is 0.124. The summed E-state index contributed by atoms with van der Waals surface area (Å²) < 4.78 is 7.65. The van der Waals surface area contributed by atoms with Gasteiger partial charge < -0.3 is 24.4 Å². The smallest absolute Gasteiger partial charge is 0.271 e. The number of nitrogens with zero attached hydrogens (tertiary/aromatic N) is 5. The van der Waals surface area contributed by atoms with Crippen LogP contribution in [-0.2, 0) is 0 Å². The second kappa shape index (κ2) is 12.3. The van der Waals surface area contributed by atoms with Crippen LogP contribution in [0.5, 0.6) is 5.75 Å². The van der Waals surface area contributed by atoms with Crippen LogP contribution in [0.15, 0.2) is 66.9 Å². The van der Waals surface area contributed by atoms with E-state index >= 15 is 0 Å². The van der Waals surface area contributed by atoms with Crippen LogP contribution in [0, 0.1) is 35.8 Å². The molecule has 0 saturated carbocycles. The highest BCUT2D eigenvalue weighted by Crippen LogP contribution is 2.46. The SMILES string of the molecule is COc1ccc([N+](=O)[O-])cc1-n1c(C)cc([C@@H]2[C@@H](c3ccccn3)NC(=S)N2c2ccc(N3C[C@H](C)C[C@H](C)C3)c(Cl)c2)c1C. The van der Waals surface area contributed by atoms with Crippen molar-refractivity contribution < 1.29 is 9.66 Å². The Labute approximate surface area is 273 Å². The van der Waals surface area contributed by atoms with Crippen LogP contribution in [0.3, 0.4) is 0 Å². The number of aromatic nitrogens is 2. The molecular weight excluding hydrogens is 608 g/mol. The number of hydrogen-bond donors (Lipinski definition) is 1. The van der Waals surface area contributed by atoms with Crippen LogP contribution in [0.2, 0.25) is 5.02 Å². The predicted molar refractivity (Wildman–Crippen MR) is 183 cm³/mol. The zero-order chi connectivity index (χ0) is 32.0. The van der Waals surface area contributed by atoms with E-state index in [0.29, 0.717) is 33.4 Å². The Morgan fingerprint density at radius 3 is 2.44 bits per heavy atom. The van der Waals surface area contributed by atoms with Crippen LogP contribution < -0.4 is 19.9 Å². The van der Waals surface area contributed by atoms with Gasteiger partial charge in [-0.1, -0.05) is 31.5 Å². The van der Waals surface area contributed by atoms with E-state index < -0.39 is 4.92 Å². The maximum absolute atomic E-state index is 11.7. The monoisotopic (exact) mass is 644 g/mol. The number of pyridine rings is 1. The second-order valence-corrected chi connectivity index (χ2v) is 13.1. The van der Waals surface area contributed by atoms with E-state index in [-0.39, 0.29) is 17.8 Å². The minimum atomic E-state index is -0.394. The molecule has 0 radical (unpaired) electrons. The third kappa shape index (κ3) is 5.73. The van der Waals surface area contributed by atoms with Gasteiger partial charge in [-0.2, -0.15) is 0 Å². The van der Waals surface area contributed by atoms with Crippen molar-refractivity contribution in [3.63, 3.8) is 0 Å². The Balaban J connectivity index is 1.47. The lowest BCUT2D eigenvalue weighted by molar-refractivity contribution is -0.384. The number of methoxy groups -OCH3 is 1. The van der Waals surface area contributed by atoms with Crippen molar-refractivity contribution in [3.05, 3.63) is 105 Å². The van der Waals surface area contributed by atoms with Crippen LogP contribution in [-0.4, -0.2) is 39.8 Å². The average Bonchev–Trinajstić information content (AvgIpc) is 3.50. The summed E-state index contributed by atoms with van der Waals surface area (Å²) >= 11 is 13.0. The third-order valence-corrected chi connectivity index (χ3v) is 9.54. The Bertz CT molecular complexity index is 1750. The molecule has 11 heteroatoms. The van der Waals surface area contributed by atoms with Gasteiger partial charge >= 0.3 is 0 Å². The first-order valence-corrected chi connectivity index (χ1v) is 15.9. The lowest BCUT2D eigenvalue weighted by atomic mass is 9.91. The average molecular weight is 645 g/mol. The Hall–Kier alpha value is -4.15. The normalized spacial score (nSPS) is 21.6. The first kappa shape index (κ1) is 30.9. The molecule has 4 heterocycles. The van der Waals surface area contributed by atoms with Crippen LogP contribution >= 0.6 is 23.8 Å². The van der Waals surface area contributed by atoms with Crippen molar-refractivity contribution >= 4 is 46.0 Å². The van der Waals surface area contributed by atoms with E-state index in [1.165, 1.54) is 12.5 Å². The van der Waals surface area contributed by atoms with E-state index in [0.717, 1.165) is 47.1 Å². The molecule has 234 valence electrons. The second-order valence-electron chi connectivity index (χ2n) is 12.3. The molecule has 9 nitrogen and oxygen atoms in total. The molecule has 4 aromatic rings. The summed E-state index contributed by atoms with van der Waals surface area (Å²) in [5, 5.41) is 16.5. The summed E-state index contributed by atoms with van der Waals surface area (Å²) in [6.07, 6.45) is 3.00. The Morgan fingerprint density at radius 2 is 1.80 bits per heavy atom. The summed E-state index contributed by atoms with van der Waals surface area (Å²) in [5.74, 6) is 1.74. The van der Waals surface area contributed by atoms with Crippen molar-refractivity contribution in [1.29, 1.82) is 0 Å². The molecule has 2 aliphatic heterocycles. The molecule has 0 spiro atoms. The number of thiocarbonyl (C=S) groups is 1. The number of nitro benzene ring substituents is 1. The van der Waals surface area contributed by atoms with Gasteiger partial charge in [0.2, 0.25) is 0 Å². The number of anilines is 2. The van der Waals surface area contributed by atoms with Gasteiger partial charge in [0.25, 0.3) is 5.69 Å². The lowest BCUT2D eigenvalue weighted by Gasteiger charge is -2.37. The lowest BCUT2D eigenvalue weighted by Crippen LogP contribution is -2.38. The van der Waals surface area contributed by atoms with E-state index in [1.54, 1.807) is 25.4 Å². The van der Waals surface area contributed by atoms with Gasteiger partial charge in [-0.3, -0.25) is 15.1 Å². The summed E-state index contributed by atoms with van der Waals surface area (Å²) in [6, 6.07) is 18.3. The summed E-state index contributed by atoms with van der Waals surface area (Å²) in [6.45, 7) is 10.5. The van der Waals surface area contributed by atoms with E-state index in [1.807, 2.05) is 42.7 Å². The first-order chi connectivity index (χ1) is 21.6. The van der Waals surface area contributed by atoms with Crippen molar-refractivity contribution in [3.8, 4) is 11.4 Å². The highest BCUT2D eigenvalue weighted by Gasteiger charge is 2.42. The van der Waals surface area contributed by atoms with E-state index in [2.05, 4.69) is 47.2 Å². The number of nitrogens with one attached hydrogen (secondary N) is 1. The van der Waals surface area contributed by atoms with Crippen molar-refractivity contribution in [2.24, 2.45) is 11.8 Å². The number of piperidine rings is 1. The van der Waals surface area contributed by atoms with Gasteiger partial charge in [0, 0.05) is 48.5 Å². The largest absolute Gasteiger partial charge is 0.495 e. The highest BCUT2D eigenvalue weighted by molar-refractivity contribution is 7.80. The predicted octanol–water partition coefficient (Wildman–Crippen LogP) is 7.72. The minimum Gasteiger partial charge on any atom is -0.495 e. The van der Waals surface area contributed by atoms with Crippen molar-refractivity contribution in [2.75, 3.05) is 30.0 Å². The molecule has 2 fully saturated rings. The van der Waals surface area contributed by atoms with Gasteiger partial charge in [-0.05, 0) is 92.4 Å². The summed E-state index contributed by atoms with van der Waals surface area (Å²) in [4.78, 5) is 20.5. The molecule has 6 rings (SSSR count). The Morgan fingerprint density at radius 1 is 1.04 bits per heavy atom. The molecule has 0 aliphatic carbocycles. The van der Waals surface area contributed by atoms with Gasteiger partial charge in [-0.15, -0.1) is 0 Å². The van der Waals surface area contributed by atoms with Crippen LogP contribution in [0.25, 0.3) is 5.69 Å².